The van der Waals surface area contributed by atoms with Crippen molar-refractivity contribution in [2.24, 2.45) is 0 Å². The minimum Gasteiger partial charge on any atom is -0.495 e. The van der Waals surface area contributed by atoms with Crippen LogP contribution in [0.25, 0.3) is 49.2 Å². The van der Waals surface area contributed by atoms with Gasteiger partial charge in [-0.3, -0.25) is 19.4 Å². The van der Waals surface area contributed by atoms with Gasteiger partial charge in [0.05, 0.1) is 77.1 Å². The van der Waals surface area contributed by atoms with Gasteiger partial charge in [-0.2, -0.15) is 0 Å². The highest BCUT2D eigenvalue weighted by Crippen LogP contribution is 2.63. The van der Waals surface area contributed by atoms with Crippen molar-refractivity contribution in [1.29, 1.82) is 0 Å². The molecule has 16 heteroatoms. The zero-order valence-electron chi connectivity index (χ0n) is 34.8. The van der Waals surface area contributed by atoms with Crippen molar-refractivity contribution in [3.8, 4) is 17.2 Å². The predicted octanol–water partition coefficient (Wildman–Crippen LogP) is 7.52. The summed E-state index contributed by atoms with van der Waals surface area (Å²) in [5.41, 5.74) is 1.53. The quantitative estimate of drug-likeness (QED) is 0.0705. The summed E-state index contributed by atoms with van der Waals surface area (Å²) in [7, 11) is 4.34. The van der Waals surface area contributed by atoms with Gasteiger partial charge in [-0.05, 0) is 59.1 Å². The van der Waals surface area contributed by atoms with E-state index in [4.69, 9.17) is 14.2 Å². The number of ketones is 1. The fourth-order valence-corrected chi connectivity index (χ4v) is 12.4. The zero-order chi connectivity index (χ0) is 43.8. The molecule has 3 unspecified atom stereocenters. The molecule has 0 saturated heterocycles. The molecule has 1 aliphatic carbocycles. The molecule has 0 radical (unpaired) electrons. The number of carbonyl (C=O) groups is 3. The van der Waals surface area contributed by atoms with Crippen molar-refractivity contribution >= 4 is 107 Å². The molecule has 5 N–H and O–H groups in total. The van der Waals surface area contributed by atoms with Crippen LogP contribution in [-0.4, -0.2) is 75.8 Å². The summed E-state index contributed by atoms with van der Waals surface area (Å²) < 4.78 is 16.9. The van der Waals surface area contributed by atoms with Gasteiger partial charge in [0, 0.05) is 53.7 Å². The lowest BCUT2D eigenvalue weighted by atomic mass is 9.80. The summed E-state index contributed by atoms with van der Waals surface area (Å²) >= 11 is 2.50. The van der Waals surface area contributed by atoms with Crippen LogP contribution in [0.4, 0.5) is 17.1 Å². The van der Waals surface area contributed by atoms with E-state index in [1.165, 1.54) is 51.8 Å². The van der Waals surface area contributed by atoms with Crippen LogP contribution >= 0.6 is 23.5 Å². The van der Waals surface area contributed by atoms with Crippen LogP contribution in [-0.2, 0) is 20.9 Å². The van der Waals surface area contributed by atoms with Crippen molar-refractivity contribution in [3.05, 3.63) is 67.2 Å². The van der Waals surface area contributed by atoms with Gasteiger partial charge in [0.2, 0.25) is 10.9 Å². The Morgan fingerprint density at radius 1 is 0.754 bits per heavy atom. The number of hydrogen-bond donors (Lipinski definition) is 5. The number of methoxy groups -OCH3 is 3. The topological polar surface area (TPSA) is 202 Å². The largest absolute Gasteiger partial charge is 0.495 e. The second kappa shape index (κ2) is 13.8. The molecule has 0 amide bonds. The van der Waals surface area contributed by atoms with Gasteiger partial charge >= 0.3 is 11.9 Å². The van der Waals surface area contributed by atoms with Crippen LogP contribution in [0, 0.1) is 0 Å². The summed E-state index contributed by atoms with van der Waals surface area (Å²) in [5, 5.41) is 33.7. The Balaban J connectivity index is 1.64. The number of carbonyl (C=O) groups excluding carboxylic acids is 1. The van der Waals surface area contributed by atoms with Crippen LogP contribution in [0.2, 0.25) is 0 Å². The number of anilines is 3. The number of benzene rings is 5. The SMILES string of the molecule is COc1c2c3c4c(c(NCc5ccccn5)c(=O)c5c6c(c(OC)c(c7c(OC)c8c(c(c1=O)c73)NC(C(=O)O)C(C)(C)S8)c54)SC(C)(C)C(C(=O)O)N6)C=C(C)C2C(C)=O. The molecule has 0 saturated carbocycles. The smallest absolute Gasteiger partial charge is 0.327 e. The number of carboxylic acid groups (broad SMARTS) is 2. The number of nitrogens with one attached hydrogen (secondary N) is 3. The first-order chi connectivity index (χ1) is 28.9. The number of rotatable bonds is 9. The molecule has 61 heavy (non-hydrogen) atoms. The predicted molar refractivity (Wildman–Crippen MR) is 240 cm³/mol. The molecule has 9 rings (SSSR count). The standard InChI is InChI=1S/C45H42N4O10S2/c1-16-14-19-21-22-24-27(37(59-9)39-32(49-41(43(55)56)45(5,6)61-39)29(24)34(52)35(57-7)25(22)20(16)17(2)50)26-23(21)28(33(51)30(19)47-15-18-12-10-11-13-46-18)31-38(36(26)58-8)60-44(3,4)40(48-31)42(53)54/h10-14,20,40-41,47-49H,15H2,1-9H3,(H,53,54)(H,55,56). The lowest BCUT2D eigenvalue weighted by molar-refractivity contribution is -0.139. The summed E-state index contributed by atoms with van der Waals surface area (Å²) in [6, 6.07) is 3.15. The monoisotopic (exact) mass is 862 g/mol. The first kappa shape index (κ1) is 40.4. The Kier molecular flexibility index (Phi) is 9.11. The first-order valence-corrected chi connectivity index (χ1v) is 21.2. The van der Waals surface area contributed by atoms with Gasteiger partial charge in [-0.1, -0.05) is 17.7 Å². The molecule has 0 spiro atoms. The van der Waals surface area contributed by atoms with Gasteiger partial charge in [0.15, 0.2) is 5.75 Å². The molecule has 6 aromatic rings. The lowest BCUT2D eigenvalue weighted by Crippen LogP contribution is -2.48. The molecule has 3 heterocycles. The highest BCUT2D eigenvalue weighted by molar-refractivity contribution is 8.01. The first-order valence-electron chi connectivity index (χ1n) is 19.5. The van der Waals surface area contributed by atoms with Gasteiger partial charge in [0.25, 0.3) is 0 Å². The van der Waals surface area contributed by atoms with E-state index in [1.807, 2.05) is 12.1 Å². The average molecular weight is 863 g/mol. The van der Waals surface area contributed by atoms with Crippen molar-refractivity contribution in [3.63, 3.8) is 0 Å². The highest BCUT2D eigenvalue weighted by Gasteiger charge is 2.48. The number of allylic oxidation sites excluding steroid dienone is 1. The van der Waals surface area contributed by atoms with E-state index in [9.17, 15) is 24.6 Å². The highest BCUT2D eigenvalue weighted by atomic mass is 32.2. The second-order valence-corrected chi connectivity index (χ2v) is 20.0. The number of thioether (sulfide) groups is 2. The lowest BCUT2D eigenvalue weighted by Gasteiger charge is -2.40. The number of carboxylic acids is 2. The molecular formula is C45H42N4O10S2. The molecule has 2 aliphatic heterocycles. The van der Waals surface area contributed by atoms with Crippen LogP contribution in [0.5, 0.6) is 17.2 Å². The third-order valence-corrected chi connectivity index (χ3v) is 15.0. The number of fused-ring (bicyclic) bond motifs is 5. The number of pyridine rings is 1. The number of nitrogens with zero attached hydrogens (tertiary/aromatic N) is 1. The third kappa shape index (κ3) is 5.50. The molecule has 314 valence electrons. The Labute approximate surface area is 357 Å². The Hall–Kier alpha value is -6.00. The van der Waals surface area contributed by atoms with E-state index in [0.717, 1.165) is 0 Å². The molecule has 5 aromatic carbocycles. The summed E-state index contributed by atoms with van der Waals surface area (Å²) in [5.74, 6) is -3.04. The average Bonchev–Trinajstić information content (AvgIpc) is 3.32. The van der Waals surface area contributed by atoms with E-state index in [2.05, 4.69) is 20.9 Å². The van der Waals surface area contributed by atoms with E-state index >= 15 is 9.59 Å². The van der Waals surface area contributed by atoms with Crippen LogP contribution in [0.3, 0.4) is 0 Å². The summed E-state index contributed by atoms with van der Waals surface area (Å²) in [6.45, 7) is 10.5. The van der Waals surface area contributed by atoms with Crippen LogP contribution in [0.1, 0.15) is 64.3 Å². The Bertz CT molecular complexity index is 3120. The molecule has 14 nitrogen and oxygen atoms in total. The molecule has 0 fully saturated rings. The number of Topliss-reactive ketones (excluding diaryl/α,β-unsaturated/α-hetero) is 1. The van der Waals surface area contributed by atoms with Crippen molar-refractivity contribution < 1.29 is 38.8 Å². The maximum atomic E-state index is 15.7. The minimum atomic E-state index is -1.14. The summed E-state index contributed by atoms with van der Waals surface area (Å²) in [4.78, 5) is 76.3. The van der Waals surface area contributed by atoms with Crippen molar-refractivity contribution in [2.75, 3.05) is 37.3 Å². The van der Waals surface area contributed by atoms with Crippen molar-refractivity contribution in [2.45, 2.75) is 85.4 Å². The van der Waals surface area contributed by atoms with Gasteiger partial charge < -0.3 is 40.4 Å². The maximum absolute atomic E-state index is 15.7. The molecular weight excluding hydrogens is 821 g/mol. The minimum absolute atomic E-state index is 0.109. The molecule has 3 atom stereocenters. The fourth-order valence-electron chi connectivity index (χ4n) is 9.75. The normalized spacial score (nSPS) is 19.8. The van der Waals surface area contributed by atoms with Gasteiger partial charge in [0.1, 0.15) is 29.4 Å². The van der Waals surface area contributed by atoms with E-state index in [0.29, 0.717) is 70.4 Å². The van der Waals surface area contributed by atoms with E-state index in [-0.39, 0.29) is 51.5 Å². The van der Waals surface area contributed by atoms with Crippen LogP contribution < -0.4 is 41.0 Å². The fraction of sp³-hybridized carbons (Fsp3) is 0.333. The number of hydrogen-bond acceptors (Lipinski definition) is 14. The number of ether oxygens (including phenoxy) is 3. The Morgan fingerprint density at radius 2 is 1.28 bits per heavy atom. The number of aromatic nitrogens is 1. The van der Waals surface area contributed by atoms with Gasteiger partial charge in [-0.15, -0.1) is 23.5 Å². The van der Waals surface area contributed by atoms with Crippen LogP contribution in [0.15, 0.2) is 49.3 Å². The second-order valence-electron chi connectivity index (χ2n) is 16.7. The molecule has 3 aliphatic rings. The van der Waals surface area contributed by atoms with Gasteiger partial charge in [-0.25, -0.2) is 9.59 Å². The van der Waals surface area contributed by atoms with E-state index in [1.54, 1.807) is 53.0 Å². The van der Waals surface area contributed by atoms with Crippen molar-refractivity contribution in [1.82, 2.24) is 4.98 Å². The zero-order valence-corrected chi connectivity index (χ0v) is 36.4. The summed E-state index contributed by atoms with van der Waals surface area (Å²) in [6.07, 6.45) is 3.43. The van der Waals surface area contributed by atoms with E-state index < -0.39 is 50.3 Å². The molecule has 0 bridgehead atoms. The number of aliphatic carboxylic acids is 2. The maximum Gasteiger partial charge on any atom is 0.327 e. The molecule has 1 aromatic heterocycles. The third-order valence-electron chi connectivity index (χ3n) is 12.3. The Morgan fingerprint density at radius 3 is 1.75 bits per heavy atom.